The summed E-state index contributed by atoms with van der Waals surface area (Å²) in [5.74, 6) is 0.597. The maximum atomic E-state index is 13.2. The highest BCUT2D eigenvalue weighted by Crippen LogP contribution is 2.40. The van der Waals surface area contributed by atoms with Gasteiger partial charge in [-0.1, -0.05) is 31.5 Å². The number of piperidine rings is 2. The molecule has 0 aromatic heterocycles. The highest BCUT2D eigenvalue weighted by Gasteiger charge is 2.70. The molecule has 118 valence electrons. The molecule has 4 aliphatic heterocycles. The van der Waals surface area contributed by atoms with E-state index in [0.717, 1.165) is 39.0 Å². The van der Waals surface area contributed by atoms with Gasteiger partial charge in [-0.25, -0.2) is 0 Å². The largest absolute Gasteiger partial charge is 0.297 e. The van der Waals surface area contributed by atoms with Crippen molar-refractivity contribution in [3.63, 3.8) is 0 Å². The molecule has 5 rings (SSSR count). The average Bonchev–Trinajstić information content (AvgIpc) is 2.51. The summed E-state index contributed by atoms with van der Waals surface area (Å²) in [5.41, 5.74) is 2.72. The Hall–Kier alpha value is -1.19. The minimum atomic E-state index is -0.0441. The molecule has 4 saturated heterocycles. The quantitative estimate of drug-likeness (QED) is 0.817. The smallest absolute Gasteiger partial charge is 0.240 e. The normalized spacial score (nSPS) is 42.9. The summed E-state index contributed by atoms with van der Waals surface area (Å²) in [7, 11) is 0. The molecule has 4 fully saturated rings. The van der Waals surface area contributed by atoms with Gasteiger partial charge >= 0.3 is 0 Å². The van der Waals surface area contributed by atoms with Crippen LogP contribution >= 0.6 is 0 Å². The van der Waals surface area contributed by atoms with E-state index in [1.54, 1.807) is 9.80 Å². The number of aryl methyl sites for hydroxylation is 1. The van der Waals surface area contributed by atoms with E-state index in [1.807, 2.05) is 0 Å². The van der Waals surface area contributed by atoms with E-state index in [4.69, 9.17) is 0 Å². The summed E-state index contributed by atoms with van der Waals surface area (Å²) < 4.78 is 0. The van der Waals surface area contributed by atoms with Gasteiger partial charge in [-0.3, -0.25) is 14.6 Å². The van der Waals surface area contributed by atoms with Gasteiger partial charge in [-0.15, -0.1) is 0 Å². The lowest BCUT2D eigenvalue weighted by molar-refractivity contribution is -1.18. The highest BCUT2D eigenvalue weighted by molar-refractivity contribution is 5.92. The van der Waals surface area contributed by atoms with Gasteiger partial charge < -0.3 is 0 Å². The van der Waals surface area contributed by atoms with Crippen molar-refractivity contribution in [2.45, 2.75) is 39.8 Å². The lowest BCUT2D eigenvalue weighted by atomic mass is 9.58. The third kappa shape index (κ3) is 1.73. The second kappa shape index (κ2) is 4.65. The van der Waals surface area contributed by atoms with Crippen LogP contribution in [0.3, 0.4) is 0 Å². The Kier molecular flexibility index (Phi) is 3.05. The molecule has 0 spiro atoms. The van der Waals surface area contributed by atoms with Crippen molar-refractivity contribution in [1.29, 1.82) is 0 Å². The van der Waals surface area contributed by atoms with Crippen LogP contribution in [-0.2, 0) is 4.79 Å². The van der Waals surface area contributed by atoms with Gasteiger partial charge in [0.1, 0.15) is 37.0 Å². The van der Waals surface area contributed by atoms with Crippen LogP contribution in [0.2, 0.25) is 0 Å². The molecule has 1 aromatic carbocycles. The molecule has 0 unspecified atom stereocenters. The van der Waals surface area contributed by atoms with Crippen molar-refractivity contribution in [3.8, 4) is 0 Å². The number of hydrogen-bond acceptors (Lipinski definition) is 1. The standard InChI is InChI=1S/C19H26N2O/c1-4-18-10-20-12-19(5-2,17(18)22)13-21(11-18)16(20)15-8-6-7-14(3)9-15/h6-9,16H,4-5,10-13H2,1-3H3/p+2. The molecule has 3 heteroatoms. The Bertz CT molecular complexity index is 582. The lowest BCUT2D eigenvalue weighted by Crippen LogP contribution is -3.41. The van der Waals surface area contributed by atoms with Gasteiger partial charge in [0.05, 0.1) is 5.56 Å². The monoisotopic (exact) mass is 300 g/mol. The van der Waals surface area contributed by atoms with E-state index in [9.17, 15) is 4.79 Å². The second-order valence-corrected chi connectivity index (χ2v) is 7.97. The molecule has 0 amide bonds. The van der Waals surface area contributed by atoms with Crippen LogP contribution in [-0.4, -0.2) is 32.0 Å². The first-order valence-corrected chi connectivity index (χ1v) is 8.84. The Morgan fingerprint density at radius 3 is 2.05 bits per heavy atom. The highest BCUT2D eigenvalue weighted by atomic mass is 16.1. The first-order chi connectivity index (χ1) is 10.5. The van der Waals surface area contributed by atoms with E-state index in [1.165, 1.54) is 11.1 Å². The molecule has 4 heterocycles. The SMILES string of the molecule is CCC12C[NH+]3CC(CC)(C[NH+](C1)C3c1cccc(C)c1)C2=O. The van der Waals surface area contributed by atoms with Crippen LogP contribution in [0, 0.1) is 17.8 Å². The van der Waals surface area contributed by atoms with Crippen molar-refractivity contribution >= 4 is 5.78 Å². The predicted octanol–water partition coefficient (Wildman–Crippen LogP) is 0.166. The molecule has 1 aromatic rings. The molecule has 0 atom stereocenters. The maximum Gasteiger partial charge on any atom is 0.240 e. The third-order valence-corrected chi connectivity index (χ3v) is 6.77. The Morgan fingerprint density at radius 2 is 1.59 bits per heavy atom. The van der Waals surface area contributed by atoms with Crippen molar-refractivity contribution in [3.05, 3.63) is 35.4 Å². The van der Waals surface area contributed by atoms with Crippen LogP contribution in [0.4, 0.5) is 0 Å². The number of Topliss-reactive ketones (excluding diaryl/α,β-unsaturated/α-hetero) is 1. The fraction of sp³-hybridized carbons (Fsp3) is 0.632. The van der Waals surface area contributed by atoms with E-state index in [-0.39, 0.29) is 10.8 Å². The van der Waals surface area contributed by atoms with Crippen molar-refractivity contribution in [2.75, 3.05) is 26.2 Å². The molecule has 3 nitrogen and oxygen atoms in total. The number of rotatable bonds is 3. The van der Waals surface area contributed by atoms with Crippen LogP contribution in [0.5, 0.6) is 0 Å². The fourth-order valence-corrected chi connectivity index (χ4v) is 5.71. The van der Waals surface area contributed by atoms with Gasteiger partial charge in [0.15, 0.2) is 5.78 Å². The minimum Gasteiger partial charge on any atom is -0.297 e. The number of carbonyl (C=O) groups excluding carboxylic acids is 1. The first kappa shape index (κ1) is 14.4. The van der Waals surface area contributed by atoms with Gasteiger partial charge in [-0.2, -0.15) is 0 Å². The van der Waals surface area contributed by atoms with Crippen LogP contribution in [0.25, 0.3) is 0 Å². The Morgan fingerprint density at radius 1 is 1.05 bits per heavy atom. The summed E-state index contributed by atoms with van der Waals surface area (Å²) in [6.07, 6.45) is 2.56. The number of quaternary nitrogens is 2. The third-order valence-electron chi connectivity index (χ3n) is 6.77. The van der Waals surface area contributed by atoms with Crippen LogP contribution < -0.4 is 9.80 Å². The number of benzene rings is 1. The molecule has 4 bridgehead atoms. The number of ketones is 1. The zero-order chi connectivity index (χ0) is 15.5. The molecule has 2 N–H and O–H groups in total. The van der Waals surface area contributed by atoms with Crippen molar-refractivity contribution < 1.29 is 14.6 Å². The average molecular weight is 300 g/mol. The van der Waals surface area contributed by atoms with Crippen LogP contribution in [0.1, 0.15) is 44.0 Å². The summed E-state index contributed by atoms with van der Waals surface area (Å²) in [4.78, 5) is 16.5. The Labute approximate surface area is 133 Å². The molecular formula is C19H28N2O+2. The minimum absolute atomic E-state index is 0.0441. The summed E-state index contributed by atoms with van der Waals surface area (Å²) >= 11 is 0. The van der Waals surface area contributed by atoms with Gasteiger partial charge in [-0.05, 0) is 31.9 Å². The van der Waals surface area contributed by atoms with E-state index in [0.29, 0.717) is 11.9 Å². The first-order valence-electron chi connectivity index (χ1n) is 8.84. The maximum absolute atomic E-state index is 13.2. The molecule has 22 heavy (non-hydrogen) atoms. The Balaban J connectivity index is 1.76. The molecular weight excluding hydrogens is 272 g/mol. The topological polar surface area (TPSA) is 26.0 Å². The van der Waals surface area contributed by atoms with E-state index < -0.39 is 0 Å². The summed E-state index contributed by atoms with van der Waals surface area (Å²) in [6.45, 7) is 10.8. The lowest BCUT2D eigenvalue weighted by Gasteiger charge is -2.60. The summed E-state index contributed by atoms with van der Waals surface area (Å²) in [6, 6.07) is 9.01. The zero-order valence-corrected chi connectivity index (χ0v) is 14.0. The fourth-order valence-electron chi connectivity index (χ4n) is 5.71. The molecule has 0 saturated carbocycles. The molecule has 0 radical (unpaired) electrons. The van der Waals surface area contributed by atoms with E-state index >= 15 is 0 Å². The van der Waals surface area contributed by atoms with Gasteiger partial charge in [0, 0.05) is 0 Å². The number of carbonyl (C=O) groups is 1. The number of nitrogens with one attached hydrogen (secondary N) is 2. The number of hydrogen-bond donors (Lipinski definition) is 2. The predicted molar refractivity (Wildman–Crippen MR) is 85.8 cm³/mol. The van der Waals surface area contributed by atoms with Crippen molar-refractivity contribution in [2.24, 2.45) is 10.8 Å². The van der Waals surface area contributed by atoms with Gasteiger partial charge in [0.25, 0.3) is 0 Å². The van der Waals surface area contributed by atoms with Crippen LogP contribution in [0.15, 0.2) is 24.3 Å². The molecule has 4 aliphatic rings. The molecule has 0 aliphatic carbocycles. The van der Waals surface area contributed by atoms with Crippen molar-refractivity contribution in [1.82, 2.24) is 0 Å². The zero-order valence-electron chi connectivity index (χ0n) is 14.0. The second-order valence-electron chi connectivity index (χ2n) is 7.97. The van der Waals surface area contributed by atoms with E-state index in [2.05, 4.69) is 45.0 Å². The van der Waals surface area contributed by atoms with Gasteiger partial charge in [0.2, 0.25) is 6.17 Å². The summed E-state index contributed by atoms with van der Waals surface area (Å²) in [5, 5.41) is 0.